The molecule has 100 valence electrons. The predicted octanol–water partition coefficient (Wildman–Crippen LogP) is 5.14. The lowest BCUT2D eigenvalue weighted by Gasteiger charge is -2.11. The molecule has 1 nitrogen and oxygen atoms in total. The average Bonchev–Trinajstić information content (AvgIpc) is 2.38. The van der Waals surface area contributed by atoms with E-state index in [2.05, 4.69) is 15.9 Å². The van der Waals surface area contributed by atoms with Crippen molar-refractivity contribution in [1.82, 2.24) is 0 Å². The standard InChI is InChI=1S/C14H10BrF3O/c1-19-13-7-6-11(15)8-12(13)9-2-4-10(5-3-9)14(16,17)18/h2-8H,1H3. The molecule has 0 aromatic heterocycles. The summed E-state index contributed by atoms with van der Waals surface area (Å²) in [5, 5.41) is 0. The van der Waals surface area contributed by atoms with Crippen LogP contribution in [-0.2, 0) is 6.18 Å². The Morgan fingerprint density at radius 3 is 2.16 bits per heavy atom. The van der Waals surface area contributed by atoms with Crippen LogP contribution in [0, 0.1) is 0 Å². The Labute approximate surface area is 117 Å². The molecule has 0 aliphatic carbocycles. The number of rotatable bonds is 2. The van der Waals surface area contributed by atoms with E-state index in [0.29, 0.717) is 11.3 Å². The van der Waals surface area contributed by atoms with Gasteiger partial charge in [0.25, 0.3) is 0 Å². The Bertz CT molecular complexity index is 576. The van der Waals surface area contributed by atoms with Crippen molar-refractivity contribution in [2.75, 3.05) is 7.11 Å². The molecule has 0 heterocycles. The highest BCUT2D eigenvalue weighted by Gasteiger charge is 2.30. The highest BCUT2D eigenvalue weighted by molar-refractivity contribution is 9.10. The van der Waals surface area contributed by atoms with Crippen molar-refractivity contribution in [2.45, 2.75) is 6.18 Å². The number of hydrogen-bond donors (Lipinski definition) is 0. The van der Waals surface area contributed by atoms with Gasteiger partial charge in [0.15, 0.2) is 0 Å². The highest BCUT2D eigenvalue weighted by Crippen LogP contribution is 2.35. The summed E-state index contributed by atoms with van der Waals surface area (Å²) in [4.78, 5) is 0. The van der Waals surface area contributed by atoms with Gasteiger partial charge in [-0.2, -0.15) is 13.2 Å². The molecule has 2 rings (SSSR count). The van der Waals surface area contributed by atoms with Crippen molar-refractivity contribution >= 4 is 15.9 Å². The molecule has 0 aliphatic heterocycles. The maximum atomic E-state index is 12.5. The quantitative estimate of drug-likeness (QED) is 0.740. The summed E-state index contributed by atoms with van der Waals surface area (Å²) in [6.45, 7) is 0. The number of ether oxygens (including phenoxy) is 1. The van der Waals surface area contributed by atoms with Crippen molar-refractivity contribution in [3.05, 3.63) is 52.5 Å². The smallest absolute Gasteiger partial charge is 0.416 e. The number of halogens is 4. The zero-order valence-electron chi connectivity index (χ0n) is 9.96. The summed E-state index contributed by atoms with van der Waals surface area (Å²) in [6.07, 6.45) is -4.32. The van der Waals surface area contributed by atoms with Crippen molar-refractivity contribution in [3.8, 4) is 16.9 Å². The van der Waals surface area contributed by atoms with Crippen LogP contribution in [0.15, 0.2) is 46.9 Å². The zero-order chi connectivity index (χ0) is 14.0. The second-order valence-electron chi connectivity index (χ2n) is 3.92. The fourth-order valence-electron chi connectivity index (χ4n) is 1.74. The summed E-state index contributed by atoms with van der Waals surface area (Å²) in [5.74, 6) is 0.614. The lowest BCUT2D eigenvalue weighted by Crippen LogP contribution is -2.04. The summed E-state index contributed by atoms with van der Waals surface area (Å²) < 4.78 is 43.5. The van der Waals surface area contributed by atoms with Crippen LogP contribution in [0.4, 0.5) is 13.2 Å². The van der Waals surface area contributed by atoms with Crippen LogP contribution in [-0.4, -0.2) is 7.11 Å². The van der Waals surface area contributed by atoms with E-state index in [-0.39, 0.29) is 0 Å². The lowest BCUT2D eigenvalue weighted by atomic mass is 10.0. The third kappa shape index (κ3) is 3.10. The first-order valence-electron chi connectivity index (χ1n) is 5.43. The SMILES string of the molecule is COc1ccc(Br)cc1-c1ccc(C(F)(F)F)cc1. The topological polar surface area (TPSA) is 9.23 Å². The third-order valence-corrected chi connectivity index (χ3v) is 3.18. The van der Waals surface area contributed by atoms with Gasteiger partial charge in [0, 0.05) is 10.0 Å². The van der Waals surface area contributed by atoms with Crippen LogP contribution < -0.4 is 4.74 Å². The van der Waals surface area contributed by atoms with Gasteiger partial charge in [0.1, 0.15) is 5.75 Å². The van der Waals surface area contributed by atoms with E-state index in [9.17, 15) is 13.2 Å². The molecule has 0 atom stereocenters. The van der Waals surface area contributed by atoms with Crippen LogP contribution in [0.2, 0.25) is 0 Å². The molecular weight excluding hydrogens is 321 g/mol. The van der Waals surface area contributed by atoms with Gasteiger partial charge >= 0.3 is 6.18 Å². The average molecular weight is 331 g/mol. The fraction of sp³-hybridized carbons (Fsp3) is 0.143. The maximum absolute atomic E-state index is 12.5. The molecule has 0 saturated carbocycles. The maximum Gasteiger partial charge on any atom is 0.416 e. The molecule has 0 fully saturated rings. The number of alkyl halides is 3. The van der Waals surface area contributed by atoms with Crippen LogP contribution in [0.25, 0.3) is 11.1 Å². The highest BCUT2D eigenvalue weighted by atomic mass is 79.9. The Morgan fingerprint density at radius 2 is 1.63 bits per heavy atom. The molecule has 0 amide bonds. The molecule has 0 bridgehead atoms. The van der Waals surface area contributed by atoms with E-state index < -0.39 is 11.7 Å². The van der Waals surface area contributed by atoms with E-state index in [1.54, 1.807) is 12.1 Å². The van der Waals surface area contributed by atoms with Crippen LogP contribution in [0.3, 0.4) is 0 Å². The number of hydrogen-bond acceptors (Lipinski definition) is 1. The first-order valence-corrected chi connectivity index (χ1v) is 6.22. The van der Waals surface area contributed by atoms with E-state index in [4.69, 9.17) is 4.74 Å². The Hall–Kier alpha value is -1.49. The Balaban J connectivity index is 2.45. The van der Waals surface area contributed by atoms with Crippen LogP contribution >= 0.6 is 15.9 Å². The summed E-state index contributed by atoms with van der Waals surface area (Å²) in [6, 6.07) is 10.4. The molecule has 0 unspecified atom stereocenters. The minimum Gasteiger partial charge on any atom is -0.496 e. The van der Waals surface area contributed by atoms with E-state index in [0.717, 1.165) is 22.2 Å². The third-order valence-electron chi connectivity index (χ3n) is 2.68. The number of benzene rings is 2. The van der Waals surface area contributed by atoms with Gasteiger partial charge in [0.2, 0.25) is 0 Å². The van der Waals surface area contributed by atoms with Gasteiger partial charge in [0.05, 0.1) is 12.7 Å². The molecule has 19 heavy (non-hydrogen) atoms. The lowest BCUT2D eigenvalue weighted by molar-refractivity contribution is -0.137. The second kappa shape index (κ2) is 5.25. The van der Waals surface area contributed by atoms with Gasteiger partial charge in [-0.15, -0.1) is 0 Å². The molecule has 0 radical (unpaired) electrons. The molecule has 0 aliphatic rings. The normalized spacial score (nSPS) is 11.4. The summed E-state index contributed by atoms with van der Waals surface area (Å²) in [5.41, 5.74) is 0.752. The summed E-state index contributed by atoms with van der Waals surface area (Å²) in [7, 11) is 1.52. The van der Waals surface area contributed by atoms with Gasteiger partial charge in [-0.3, -0.25) is 0 Å². The zero-order valence-corrected chi connectivity index (χ0v) is 11.5. The van der Waals surface area contributed by atoms with Crippen molar-refractivity contribution in [3.63, 3.8) is 0 Å². The monoisotopic (exact) mass is 330 g/mol. The first-order chi connectivity index (χ1) is 8.91. The Kier molecular flexibility index (Phi) is 3.85. The molecular formula is C14H10BrF3O. The van der Waals surface area contributed by atoms with E-state index in [1.165, 1.54) is 19.2 Å². The predicted molar refractivity (Wildman–Crippen MR) is 71.1 cm³/mol. The van der Waals surface area contributed by atoms with Gasteiger partial charge in [-0.05, 0) is 35.9 Å². The van der Waals surface area contributed by atoms with Crippen molar-refractivity contribution < 1.29 is 17.9 Å². The fourth-order valence-corrected chi connectivity index (χ4v) is 2.11. The minimum atomic E-state index is -4.32. The van der Waals surface area contributed by atoms with E-state index in [1.807, 2.05) is 6.07 Å². The molecule has 0 saturated heterocycles. The van der Waals surface area contributed by atoms with Crippen LogP contribution in [0.1, 0.15) is 5.56 Å². The van der Waals surface area contributed by atoms with Crippen LogP contribution in [0.5, 0.6) is 5.75 Å². The largest absolute Gasteiger partial charge is 0.496 e. The van der Waals surface area contributed by atoms with Gasteiger partial charge in [-0.25, -0.2) is 0 Å². The molecule has 5 heteroatoms. The Morgan fingerprint density at radius 1 is 1.00 bits per heavy atom. The summed E-state index contributed by atoms with van der Waals surface area (Å²) >= 11 is 3.33. The second-order valence-corrected chi connectivity index (χ2v) is 4.84. The molecule has 2 aromatic carbocycles. The molecule has 2 aromatic rings. The van der Waals surface area contributed by atoms with Crippen molar-refractivity contribution in [2.24, 2.45) is 0 Å². The van der Waals surface area contributed by atoms with E-state index >= 15 is 0 Å². The first kappa shape index (κ1) is 13.9. The molecule has 0 N–H and O–H groups in total. The molecule has 0 spiro atoms. The van der Waals surface area contributed by atoms with Crippen molar-refractivity contribution in [1.29, 1.82) is 0 Å². The number of methoxy groups -OCH3 is 1. The minimum absolute atomic E-state index is 0.614. The van der Waals surface area contributed by atoms with Gasteiger partial charge < -0.3 is 4.74 Å². The van der Waals surface area contributed by atoms with Gasteiger partial charge in [-0.1, -0.05) is 28.1 Å².